The first kappa shape index (κ1) is 14.3. The highest BCUT2D eigenvalue weighted by Gasteiger charge is 2.33. The van der Waals surface area contributed by atoms with E-state index >= 15 is 0 Å². The molecule has 0 saturated carbocycles. The monoisotopic (exact) mass is 282 g/mol. The second-order valence-corrected chi connectivity index (χ2v) is 5.92. The summed E-state index contributed by atoms with van der Waals surface area (Å²) in [6.45, 7) is 8.20. The largest absolute Gasteiger partial charge is 0.475 e. The summed E-state index contributed by atoms with van der Waals surface area (Å²) in [5.41, 5.74) is -0.627. The Labute approximate surface area is 116 Å². The van der Waals surface area contributed by atoms with Crippen LogP contribution in [0.5, 0.6) is 0 Å². The van der Waals surface area contributed by atoms with Gasteiger partial charge in [-0.2, -0.15) is 4.98 Å². The summed E-state index contributed by atoms with van der Waals surface area (Å²) in [5, 5.41) is 12.8. The number of nitrogens with zero attached hydrogens (tertiary/aromatic N) is 4. The molecule has 0 fully saturated rings. The molecule has 1 aromatic rings. The molecule has 0 saturated heterocycles. The summed E-state index contributed by atoms with van der Waals surface area (Å²) in [6, 6.07) is 0. The number of carbonyl (C=O) groups excluding carboxylic acids is 1. The van der Waals surface area contributed by atoms with Gasteiger partial charge in [0.05, 0.1) is 0 Å². The first-order valence-corrected chi connectivity index (χ1v) is 6.36. The van der Waals surface area contributed by atoms with Crippen LogP contribution in [0.4, 0.5) is 10.7 Å². The third-order valence-electron chi connectivity index (χ3n) is 2.68. The first-order valence-electron chi connectivity index (χ1n) is 6.36. The second-order valence-electron chi connectivity index (χ2n) is 5.92. The number of fused-ring (bicyclic) bond motifs is 1. The minimum absolute atomic E-state index is 0.137. The number of aromatic carboxylic acids is 1. The van der Waals surface area contributed by atoms with Gasteiger partial charge >= 0.3 is 12.1 Å². The number of ether oxygens (including phenoxy) is 1. The van der Waals surface area contributed by atoms with Crippen LogP contribution < -0.4 is 4.90 Å². The molecule has 1 aliphatic heterocycles. The Bertz CT molecular complexity index is 546. The Morgan fingerprint density at radius 1 is 1.35 bits per heavy atom. The standard InChI is InChI=1S/C12H18N4O4/c1-7-5-15(11(19)20-12(2,3)4)10-13-8(9(17)18)14-16(10)6-7/h7H,5-6H2,1-4H3,(H,17,18). The summed E-state index contributed by atoms with van der Waals surface area (Å²) in [4.78, 5) is 28.3. The van der Waals surface area contributed by atoms with Gasteiger partial charge in [0.15, 0.2) is 0 Å². The van der Waals surface area contributed by atoms with E-state index < -0.39 is 17.7 Å². The van der Waals surface area contributed by atoms with Crippen molar-refractivity contribution in [1.29, 1.82) is 0 Å². The average molecular weight is 282 g/mol. The van der Waals surface area contributed by atoms with Gasteiger partial charge in [0.25, 0.3) is 5.82 Å². The van der Waals surface area contributed by atoms with Crippen molar-refractivity contribution in [3.8, 4) is 0 Å². The molecule has 0 aromatic carbocycles. The lowest BCUT2D eigenvalue weighted by molar-refractivity contribution is 0.0562. The zero-order chi connectivity index (χ0) is 15.1. The minimum Gasteiger partial charge on any atom is -0.475 e. The lowest BCUT2D eigenvalue weighted by Crippen LogP contribution is -2.44. The molecule has 1 N–H and O–H groups in total. The fraction of sp³-hybridized carbons (Fsp3) is 0.667. The van der Waals surface area contributed by atoms with Crippen LogP contribution in [0.15, 0.2) is 0 Å². The van der Waals surface area contributed by atoms with Crippen LogP contribution in [-0.2, 0) is 11.3 Å². The zero-order valence-corrected chi connectivity index (χ0v) is 12.0. The molecule has 8 nitrogen and oxygen atoms in total. The Hall–Kier alpha value is -2.12. The average Bonchev–Trinajstić information content (AvgIpc) is 2.68. The number of carboxylic acid groups (broad SMARTS) is 1. The second kappa shape index (κ2) is 4.77. The van der Waals surface area contributed by atoms with Crippen molar-refractivity contribution >= 4 is 18.0 Å². The molecule has 1 unspecified atom stereocenters. The van der Waals surface area contributed by atoms with Crippen molar-refractivity contribution in [2.24, 2.45) is 5.92 Å². The van der Waals surface area contributed by atoms with E-state index in [0.29, 0.717) is 13.1 Å². The molecular formula is C12H18N4O4. The molecule has 1 atom stereocenters. The number of rotatable bonds is 1. The third-order valence-corrected chi connectivity index (χ3v) is 2.68. The van der Waals surface area contributed by atoms with Crippen LogP contribution in [0, 0.1) is 5.92 Å². The number of amides is 1. The molecule has 1 aromatic heterocycles. The highest BCUT2D eigenvalue weighted by atomic mass is 16.6. The Kier molecular flexibility index (Phi) is 3.41. The normalized spacial score (nSPS) is 18.6. The van der Waals surface area contributed by atoms with Crippen LogP contribution in [0.2, 0.25) is 0 Å². The van der Waals surface area contributed by atoms with Gasteiger partial charge in [-0.05, 0) is 26.7 Å². The number of carboxylic acids is 1. The molecule has 20 heavy (non-hydrogen) atoms. The Morgan fingerprint density at radius 3 is 2.55 bits per heavy atom. The minimum atomic E-state index is -1.22. The fourth-order valence-electron chi connectivity index (χ4n) is 1.97. The molecule has 110 valence electrons. The smallest absolute Gasteiger partial charge is 0.417 e. The van der Waals surface area contributed by atoms with Crippen LogP contribution in [0.3, 0.4) is 0 Å². The van der Waals surface area contributed by atoms with Gasteiger partial charge in [-0.15, -0.1) is 5.10 Å². The van der Waals surface area contributed by atoms with E-state index in [9.17, 15) is 9.59 Å². The number of carbonyl (C=O) groups is 2. The summed E-state index contributed by atoms with van der Waals surface area (Å²) in [5.74, 6) is -1.18. The fourth-order valence-corrected chi connectivity index (χ4v) is 1.97. The molecule has 2 rings (SSSR count). The summed E-state index contributed by atoms with van der Waals surface area (Å²) in [6.07, 6.45) is -0.547. The Morgan fingerprint density at radius 2 is 2.00 bits per heavy atom. The third kappa shape index (κ3) is 2.89. The maximum atomic E-state index is 12.2. The molecule has 0 radical (unpaired) electrons. The molecule has 8 heteroatoms. The van der Waals surface area contributed by atoms with Crippen LogP contribution in [-0.4, -0.2) is 44.1 Å². The van der Waals surface area contributed by atoms with Crippen molar-refractivity contribution in [2.75, 3.05) is 11.4 Å². The number of aromatic nitrogens is 3. The maximum Gasteiger partial charge on any atom is 0.417 e. The summed E-state index contributed by atoms with van der Waals surface area (Å²) >= 11 is 0. The van der Waals surface area contributed by atoms with Crippen LogP contribution >= 0.6 is 0 Å². The van der Waals surface area contributed by atoms with Crippen molar-refractivity contribution in [3.05, 3.63) is 5.82 Å². The highest BCUT2D eigenvalue weighted by Crippen LogP contribution is 2.23. The summed E-state index contributed by atoms with van der Waals surface area (Å²) < 4.78 is 6.74. The van der Waals surface area contributed by atoms with E-state index in [0.717, 1.165) is 0 Å². The van der Waals surface area contributed by atoms with Gasteiger partial charge in [0, 0.05) is 13.1 Å². The van der Waals surface area contributed by atoms with E-state index in [4.69, 9.17) is 9.84 Å². The zero-order valence-electron chi connectivity index (χ0n) is 12.0. The van der Waals surface area contributed by atoms with Gasteiger partial charge in [-0.25, -0.2) is 19.2 Å². The number of hydrogen-bond donors (Lipinski definition) is 1. The predicted octanol–water partition coefficient (Wildman–Crippen LogP) is 1.37. The van der Waals surface area contributed by atoms with Gasteiger partial charge in [-0.3, -0.25) is 0 Å². The van der Waals surface area contributed by atoms with E-state index in [2.05, 4.69) is 10.1 Å². The molecule has 1 aliphatic rings. The van der Waals surface area contributed by atoms with E-state index in [1.807, 2.05) is 6.92 Å². The van der Waals surface area contributed by atoms with Crippen LogP contribution in [0.1, 0.15) is 38.3 Å². The molecule has 0 bridgehead atoms. The van der Waals surface area contributed by atoms with E-state index in [-0.39, 0.29) is 17.7 Å². The number of hydrogen-bond acceptors (Lipinski definition) is 5. The van der Waals surface area contributed by atoms with Crippen molar-refractivity contribution in [2.45, 2.75) is 39.8 Å². The van der Waals surface area contributed by atoms with Gasteiger partial charge in [-0.1, -0.05) is 6.92 Å². The molecule has 2 heterocycles. The summed E-state index contributed by atoms with van der Waals surface area (Å²) in [7, 11) is 0. The van der Waals surface area contributed by atoms with E-state index in [1.165, 1.54) is 9.58 Å². The van der Waals surface area contributed by atoms with E-state index in [1.54, 1.807) is 20.8 Å². The topological polar surface area (TPSA) is 97.6 Å². The van der Waals surface area contributed by atoms with Crippen molar-refractivity contribution in [3.63, 3.8) is 0 Å². The lowest BCUT2D eigenvalue weighted by atomic mass is 10.1. The van der Waals surface area contributed by atoms with Crippen molar-refractivity contribution in [1.82, 2.24) is 14.8 Å². The highest BCUT2D eigenvalue weighted by molar-refractivity contribution is 5.88. The molecule has 0 spiro atoms. The number of anilines is 1. The quantitative estimate of drug-likeness (QED) is 0.835. The molecule has 1 amide bonds. The maximum absolute atomic E-state index is 12.2. The molecule has 0 aliphatic carbocycles. The van der Waals surface area contributed by atoms with Gasteiger partial charge in [0.1, 0.15) is 5.60 Å². The molecular weight excluding hydrogens is 264 g/mol. The van der Waals surface area contributed by atoms with Gasteiger partial charge in [0.2, 0.25) is 5.95 Å². The Balaban J connectivity index is 2.32. The first-order chi connectivity index (χ1) is 9.17. The lowest BCUT2D eigenvalue weighted by Gasteiger charge is -2.31. The SMILES string of the molecule is CC1CN(C(=O)OC(C)(C)C)c2nc(C(=O)O)nn2C1. The van der Waals surface area contributed by atoms with Crippen molar-refractivity contribution < 1.29 is 19.4 Å². The van der Waals surface area contributed by atoms with Gasteiger partial charge < -0.3 is 9.84 Å². The van der Waals surface area contributed by atoms with Crippen LogP contribution in [0.25, 0.3) is 0 Å². The predicted molar refractivity (Wildman–Crippen MR) is 69.7 cm³/mol.